The van der Waals surface area contributed by atoms with Crippen molar-refractivity contribution in [3.63, 3.8) is 0 Å². The van der Waals surface area contributed by atoms with Crippen LogP contribution in [0.25, 0.3) is 0 Å². The molecule has 0 aromatic carbocycles. The van der Waals surface area contributed by atoms with E-state index in [-0.39, 0.29) is 18.0 Å². The van der Waals surface area contributed by atoms with Crippen molar-refractivity contribution in [1.29, 1.82) is 0 Å². The molecular formula is C12H15NO2. The first kappa shape index (κ1) is 11.4. The van der Waals surface area contributed by atoms with Crippen molar-refractivity contribution in [1.82, 2.24) is 4.98 Å². The first-order valence-corrected chi connectivity index (χ1v) is 4.79. The monoisotopic (exact) mass is 205 g/mol. The van der Waals surface area contributed by atoms with Crippen molar-refractivity contribution < 1.29 is 9.53 Å². The molecule has 80 valence electrons. The van der Waals surface area contributed by atoms with Crippen LogP contribution in [0.15, 0.2) is 18.3 Å². The molecule has 1 N–H and O–H groups in total. The van der Waals surface area contributed by atoms with Gasteiger partial charge in [0.15, 0.2) is 6.61 Å². The number of carbonyl (C=O) groups excluding carboxylic acids is 1. The molecule has 0 aliphatic rings. The van der Waals surface area contributed by atoms with Crippen LogP contribution in [0.5, 0.6) is 0 Å². The number of hydrogen-bond acceptors (Lipinski definition) is 2. The van der Waals surface area contributed by atoms with Crippen LogP contribution in [0.2, 0.25) is 0 Å². The van der Waals surface area contributed by atoms with E-state index >= 15 is 0 Å². The number of esters is 1. The third-order valence-electron chi connectivity index (χ3n) is 1.56. The third-order valence-corrected chi connectivity index (χ3v) is 1.56. The molecule has 0 aliphatic carbocycles. The molecule has 0 radical (unpaired) electrons. The summed E-state index contributed by atoms with van der Waals surface area (Å²) in [4.78, 5) is 14.1. The van der Waals surface area contributed by atoms with E-state index in [1.54, 1.807) is 18.3 Å². The Kier molecular flexibility index (Phi) is 3.56. The lowest BCUT2D eigenvalue weighted by molar-refractivity contribution is 0.0550. The van der Waals surface area contributed by atoms with Crippen molar-refractivity contribution in [2.45, 2.75) is 20.8 Å². The molecule has 0 fully saturated rings. The summed E-state index contributed by atoms with van der Waals surface area (Å²) in [5.41, 5.74) is 0.395. The highest BCUT2D eigenvalue weighted by molar-refractivity contribution is 5.87. The highest BCUT2D eigenvalue weighted by atomic mass is 16.5. The van der Waals surface area contributed by atoms with Crippen LogP contribution in [0, 0.1) is 17.3 Å². The average molecular weight is 205 g/mol. The second-order valence-corrected chi connectivity index (χ2v) is 4.21. The normalized spacial score (nSPS) is 10.3. The van der Waals surface area contributed by atoms with Crippen molar-refractivity contribution in [2.24, 2.45) is 5.41 Å². The van der Waals surface area contributed by atoms with Crippen molar-refractivity contribution in [2.75, 3.05) is 6.61 Å². The Balaban J connectivity index is 2.38. The molecule has 1 aromatic rings. The summed E-state index contributed by atoms with van der Waals surface area (Å²) < 4.78 is 4.94. The van der Waals surface area contributed by atoms with Gasteiger partial charge in [0, 0.05) is 11.6 Å². The van der Waals surface area contributed by atoms with Gasteiger partial charge in [0.1, 0.15) is 5.69 Å². The van der Waals surface area contributed by atoms with Crippen LogP contribution < -0.4 is 0 Å². The molecule has 1 heterocycles. The Morgan fingerprint density at radius 1 is 1.53 bits per heavy atom. The minimum atomic E-state index is -0.372. The van der Waals surface area contributed by atoms with Gasteiger partial charge in [-0.3, -0.25) is 0 Å². The van der Waals surface area contributed by atoms with Gasteiger partial charge in [-0.2, -0.15) is 0 Å². The zero-order valence-corrected chi connectivity index (χ0v) is 9.26. The first-order chi connectivity index (χ1) is 6.99. The van der Waals surface area contributed by atoms with Gasteiger partial charge < -0.3 is 9.72 Å². The molecule has 3 heteroatoms. The second-order valence-electron chi connectivity index (χ2n) is 4.21. The van der Waals surface area contributed by atoms with Gasteiger partial charge >= 0.3 is 5.97 Å². The van der Waals surface area contributed by atoms with Gasteiger partial charge in [0.05, 0.1) is 0 Å². The first-order valence-electron chi connectivity index (χ1n) is 4.79. The number of carbonyl (C=O) groups is 1. The summed E-state index contributed by atoms with van der Waals surface area (Å²) in [6.45, 7) is 6.15. The fourth-order valence-corrected chi connectivity index (χ4v) is 0.938. The van der Waals surface area contributed by atoms with Gasteiger partial charge in [-0.25, -0.2) is 4.79 Å². The summed E-state index contributed by atoms with van der Waals surface area (Å²) in [7, 11) is 0. The Bertz CT molecular complexity index is 374. The second kappa shape index (κ2) is 4.70. The fourth-order valence-electron chi connectivity index (χ4n) is 0.938. The van der Waals surface area contributed by atoms with Gasteiger partial charge in [-0.1, -0.05) is 11.8 Å². The van der Waals surface area contributed by atoms with Gasteiger partial charge in [-0.15, -0.1) is 0 Å². The molecule has 0 amide bonds. The average Bonchev–Trinajstić information content (AvgIpc) is 2.63. The highest BCUT2D eigenvalue weighted by Gasteiger charge is 2.06. The minimum Gasteiger partial charge on any atom is -0.448 e. The van der Waals surface area contributed by atoms with Crippen molar-refractivity contribution in [3.8, 4) is 11.8 Å². The van der Waals surface area contributed by atoms with E-state index < -0.39 is 0 Å². The molecule has 0 saturated carbocycles. The van der Waals surface area contributed by atoms with E-state index in [9.17, 15) is 4.79 Å². The van der Waals surface area contributed by atoms with Crippen LogP contribution in [0.3, 0.4) is 0 Å². The maximum absolute atomic E-state index is 11.3. The number of ether oxygens (including phenoxy) is 1. The predicted molar refractivity (Wildman–Crippen MR) is 58.3 cm³/mol. The number of aromatic nitrogens is 1. The Labute approximate surface area is 89.8 Å². The molecule has 0 aliphatic heterocycles. The molecule has 15 heavy (non-hydrogen) atoms. The van der Waals surface area contributed by atoms with Crippen LogP contribution in [0.1, 0.15) is 31.3 Å². The van der Waals surface area contributed by atoms with Gasteiger partial charge in [0.25, 0.3) is 0 Å². The number of hydrogen-bond donors (Lipinski definition) is 1. The Morgan fingerprint density at radius 2 is 2.27 bits per heavy atom. The maximum Gasteiger partial charge on any atom is 0.355 e. The quantitative estimate of drug-likeness (QED) is 0.594. The number of H-pyrrole nitrogens is 1. The van der Waals surface area contributed by atoms with Crippen molar-refractivity contribution in [3.05, 3.63) is 24.0 Å². The molecule has 0 atom stereocenters. The lowest BCUT2D eigenvalue weighted by Crippen LogP contribution is -2.06. The Hall–Kier alpha value is -1.69. The molecular weight excluding hydrogens is 190 g/mol. The number of rotatable bonds is 2. The summed E-state index contributed by atoms with van der Waals surface area (Å²) in [5, 5.41) is 0. The fraction of sp³-hybridized carbons (Fsp3) is 0.417. The van der Waals surface area contributed by atoms with E-state index in [0.29, 0.717) is 5.69 Å². The van der Waals surface area contributed by atoms with Gasteiger partial charge in [-0.05, 0) is 32.9 Å². The smallest absolute Gasteiger partial charge is 0.355 e. The molecule has 0 spiro atoms. The van der Waals surface area contributed by atoms with E-state index in [2.05, 4.69) is 16.8 Å². The highest BCUT2D eigenvalue weighted by Crippen LogP contribution is 2.09. The molecule has 3 nitrogen and oxygen atoms in total. The van der Waals surface area contributed by atoms with Crippen molar-refractivity contribution >= 4 is 5.97 Å². The lowest BCUT2D eigenvalue weighted by atomic mass is 9.98. The van der Waals surface area contributed by atoms with Crippen LogP contribution in [-0.2, 0) is 4.74 Å². The van der Waals surface area contributed by atoms with E-state index in [4.69, 9.17) is 4.74 Å². The zero-order chi connectivity index (χ0) is 11.3. The molecule has 1 aromatic heterocycles. The van der Waals surface area contributed by atoms with Crippen LogP contribution in [0.4, 0.5) is 0 Å². The summed E-state index contributed by atoms with van der Waals surface area (Å²) in [6.07, 6.45) is 1.68. The summed E-state index contributed by atoms with van der Waals surface area (Å²) >= 11 is 0. The van der Waals surface area contributed by atoms with E-state index in [1.807, 2.05) is 20.8 Å². The van der Waals surface area contributed by atoms with Crippen LogP contribution >= 0.6 is 0 Å². The SMILES string of the molecule is CC(C)(C)C#CCOC(=O)c1ccc[nH]1. The van der Waals surface area contributed by atoms with E-state index in [0.717, 1.165) is 0 Å². The molecule has 1 rings (SSSR count). The van der Waals surface area contributed by atoms with E-state index in [1.165, 1.54) is 0 Å². The number of nitrogens with one attached hydrogen (secondary N) is 1. The molecule has 0 bridgehead atoms. The van der Waals surface area contributed by atoms with Gasteiger partial charge in [0.2, 0.25) is 0 Å². The standard InChI is InChI=1S/C12H15NO2/c1-12(2,3)7-5-9-15-11(14)10-6-4-8-13-10/h4,6,8,13H,9H2,1-3H3. The third kappa shape index (κ3) is 4.37. The zero-order valence-electron chi connectivity index (χ0n) is 9.26. The largest absolute Gasteiger partial charge is 0.448 e. The lowest BCUT2D eigenvalue weighted by Gasteiger charge is -2.06. The summed E-state index contributed by atoms with van der Waals surface area (Å²) in [6, 6.07) is 3.41. The summed E-state index contributed by atoms with van der Waals surface area (Å²) in [5.74, 6) is 5.42. The predicted octanol–water partition coefficient (Wildman–Crippen LogP) is 2.22. The Morgan fingerprint density at radius 3 is 2.80 bits per heavy atom. The molecule has 0 unspecified atom stereocenters. The van der Waals surface area contributed by atoms with Crippen LogP contribution in [-0.4, -0.2) is 17.6 Å². The minimum absolute atomic E-state index is 0.0567. The molecule has 0 saturated heterocycles. The topological polar surface area (TPSA) is 42.1 Å². The maximum atomic E-state index is 11.3. The number of aromatic amines is 1.